The van der Waals surface area contributed by atoms with Crippen molar-refractivity contribution in [1.82, 2.24) is 21.1 Å². The first kappa shape index (κ1) is 14.4. The zero-order valence-electron chi connectivity index (χ0n) is 11.6. The lowest BCUT2D eigenvalue weighted by Gasteiger charge is -2.25. The third kappa shape index (κ3) is 3.73. The van der Waals surface area contributed by atoms with Crippen LogP contribution in [0.25, 0.3) is 0 Å². The van der Waals surface area contributed by atoms with Crippen LogP contribution in [0, 0.1) is 11.7 Å². The van der Waals surface area contributed by atoms with Crippen molar-refractivity contribution in [3.8, 4) is 0 Å². The van der Waals surface area contributed by atoms with Crippen LogP contribution in [0.2, 0.25) is 0 Å². The Balaban J connectivity index is 1.99. The molecule has 0 bridgehead atoms. The molecule has 1 aromatic rings. The minimum atomic E-state index is -0.133. The average Bonchev–Trinajstić information content (AvgIpc) is 2.85. The van der Waals surface area contributed by atoms with Gasteiger partial charge in [-0.25, -0.2) is 9.82 Å². The van der Waals surface area contributed by atoms with E-state index in [1.807, 2.05) is 19.2 Å². The highest BCUT2D eigenvalue weighted by atomic mass is 19.1. The number of likely N-dealkylation sites (N-methyl/N-ethyl adjacent to an activating group) is 2. The molecule has 19 heavy (non-hydrogen) atoms. The molecule has 0 spiro atoms. The molecule has 1 aliphatic rings. The Hall–Kier alpha value is -1.01. The van der Waals surface area contributed by atoms with E-state index in [1.165, 1.54) is 6.07 Å². The van der Waals surface area contributed by atoms with E-state index < -0.39 is 0 Å². The van der Waals surface area contributed by atoms with E-state index in [-0.39, 0.29) is 11.9 Å². The van der Waals surface area contributed by atoms with Crippen molar-refractivity contribution in [3.05, 3.63) is 35.6 Å². The highest BCUT2D eigenvalue weighted by Crippen LogP contribution is 2.27. The lowest BCUT2D eigenvalue weighted by molar-refractivity contribution is 0.269. The van der Waals surface area contributed by atoms with Gasteiger partial charge in [0.05, 0.1) is 6.04 Å². The van der Waals surface area contributed by atoms with Crippen LogP contribution in [0.4, 0.5) is 4.39 Å². The molecule has 4 nitrogen and oxygen atoms in total. The maximum Gasteiger partial charge on any atom is 0.128 e. The van der Waals surface area contributed by atoms with Gasteiger partial charge in [0.25, 0.3) is 0 Å². The monoisotopic (exact) mass is 266 g/mol. The predicted octanol–water partition coefficient (Wildman–Crippen LogP) is 0.742. The minimum Gasteiger partial charge on any atom is -0.318 e. The molecule has 1 aromatic carbocycles. The smallest absolute Gasteiger partial charge is 0.128 e. The van der Waals surface area contributed by atoms with Crippen LogP contribution in [0.5, 0.6) is 0 Å². The SMILES string of the molecule is CNCCN(C)CC1CNNC1c1ccccc1F. The summed E-state index contributed by atoms with van der Waals surface area (Å²) in [6.07, 6.45) is 0. The third-order valence-electron chi connectivity index (χ3n) is 3.62. The first-order valence-electron chi connectivity index (χ1n) is 6.78. The largest absolute Gasteiger partial charge is 0.318 e. The van der Waals surface area contributed by atoms with Crippen LogP contribution < -0.4 is 16.2 Å². The van der Waals surface area contributed by atoms with E-state index in [0.717, 1.165) is 31.7 Å². The summed E-state index contributed by atoms with van der Waals surface area (Å²) in [6, 6.07) is 7.05. The van der Waals surface area contributed by atoms with Gasteiger partial charge in [-0.1, -0.05) is 18.2 Å². The fourth-order valence-corrected chi connectivity index (χ4v) is 2.56. The maximum absolute atomic E-state index is 13.9. The van der Waals surface area contributed by atoms with E-state index in [2.05, 4.69) is 28.1 Å². The van der Waals surface area contributed by atoms with E-state index in [9.17, 15) is 4.39 Å². The van der Waals surface area contributed by atoms with Crippen LogP contribution in [0.3, 0.4) is 0 Å². The molecule has 0 amide bonds. The molecular formula is C14H23FN4. The van der Waals surface area contributed by atoms with Crippen molar-refractivity contribution in [1.29, 1.82) is 0 Å². The number of rotatable bonds is 6. The lowest BCUT2D eigenvalue weighted by atomic mass is 9.94. The van der Waals surface area contributed by atoms with Gasteiger partial charge in [-0.2, -0.15) is 0 Å². The highest BCUT2D eigenvalue weighted by molar-refractivity contribution is 5.22. The summed E-state index contributed by atoms with van der Waals surface area (Å²) >= 11 is 0. The zero-order valence-corrected chi connectivity index (χ0v) is 11.6. The molecule has 106 valence electrons. The number of hydrazine groups is 1. The van der Waals surface area contributed by atoms with Gasteiger partial charge in [-0.15, -0.1) is 0 Å². The maximum atomic E-state index is 13.9. The summed E-state index contributed by atoms with van der Waals surface area (Å²) in [5.41, 5.74) is 7.09. The lowest BCUT2D eigenvalue weighted by Crippen LogP contribution is -2.34. The number of halogens is 1. The number of hydrogen-bond acceptors (Lipinski definition) is 4. The van der Waals surface area contributed by atoms with Crippen LogP contribution in [-0.4, -0.2) is 45.2 Å². The van der Waals surface area contributed by atoms with Crippen molar-refractivity contribution in [2.75, 3.05) is 40.3 Å². The third-order valence-corrected chi connectivity index (χ3v) is 3.62. The molecule has 5 heteroatoms. The molecule has 2 atom stereocenters. The van der Waals surface area contributed by atoms with Gasteiger partial charge in [0.2, 0.25) is 0 Å². The predicted molar refractivity (Wildman–Crippen MR) is 75.2 cm³/mol. The van der Waals surface area contributed by atoms with Crippen LogP contribution in [0.1, 0.15) is 11.6 Å². The van der Waals surface area contributed by atoms with E-state index in [0.29, 0.717) is 5.92 Å². The van der Waals surface area contributed by atoms with Gasteiger partial charge in [0, 0.05) is 37.7 Å². The molecule has 1 fully saturated rings. The molecule has 2 unspecified atom stereocenters. The molecule has 1 saturated heterocycles. The summed E-state index contributed by atoms with van der Waals surface area (Å²) in [6.45, 7) is 3.77. The molecule has 1 aliphatic heterocycles. The Kier molecular flexibility index (Phi) is 5.27. The van der Waals surface area contributed by atoms with Gasteiger partial charge >= 0.3 is 0 Å². The van der Waals surface area contributed by atoms with E-state index >= 15 is 0 Å². The fraction of sp³-hybridized carbons (Fsp3) is 0.571. The van der Waals surface area contributed by atoms with Crippen molar-refractivity contribution in [2.45, 2.75) is 6.04 Å². The Bertz CT molecular complexity index is 399. The van der Waals surface area contributed by atoms with Gasteiger partial charge in [0.15, 0.2) is 0 Å². The molecule has 0 aliphatic carbocycles. The summed E-state index contributed by atoms with van der Waals surface area (Å²) in [5, 5.41) is 3.14. The average molecular weight is 266 g/mol. The molecule has 1 heterocycles. The number of hydrogen-bond donors (Lipinski definition) is 3. The molecule has 3 N–H and O–H groups in total. The van der Waals surface area contributed by atoms with Gasteiger partial charge < -0.3 is 10.2 Å². The fourth-order valence-electron chi connectivity index (χ4n) is 2.56. The summed E-state index contributed by atoms with van der Waals surface area (Å²) in [7, 11) is 4.06. The molecule has 0 aromatic heterocycles. The van der Waals surface area contributed by atoms with E-state index in [4.69, 9.17) is 0 Å². The Morgan fingerprint density at radius 1 is 1.42 bits per heavy atom. The number of nitrogens with zero attached hydrogens (tertiary/aromatic N) is 1. The van der Waals surface area contributed by atoms with Gasteiger partial charge in [-0.3, -0.25) is 5.43 Å². The quantitative estimate of drug-likeness (QED) is 0.710. The summed E-state index contributed by atoms with van der Waals surface area (Å²) < 4.78 is 13.9. The normalized spacial score (nSPS) is 23.2. The van der Waals surface area contributed by atoms with Crippen LogP contribution in [-0.2, 0) is 0 Å². The number of benzene rings is 1. The van der Waals surface area contributed by atoms with Crippen molar-refractivity contribution < 1.29 is 4.39 Å². The second-order valence-corrected chi connectivity index (χ2v) is 5.15. The first-order valence-corrected chi connectivity index (χ1v) is 6.78. The standard InChI is InChI=1S/C14H23FN4/c1-16-7-8-19(2)10-11-9-17-18-14(11)12-5-3-4-6-13(12)15/h3-6,11,14,16-18H,7-10H2,1-2H3. The molecule has 0 radical (unpaired) electrons. The topological polar surface area (TPSA) is 39.3 Å². The zero-order chi connectivity index (χ0) is 13.7. The molecular weight excluding hydrogens is 243 g/mol. The Morgan fingerprint density at radius 3 is 2.95 bits per heavy atom. The van der Waals surface area contributed by atoms with Crippen molar-refractivity contribution >= 4 is 0 Å². The van der Waals surface area contributed by atoms with Crippen molar-refractivity contribution in [2.24, 2.45) is 5.92 Å². The number of nitrogens with one attached hydrogen (secondary N) is 3. The van der Waals surface area contributed by atoms with Gasteiger partial charge in [0.1, 0.15) is 5.82 Å². The van der Waals surface area contributed by atoms with Crippen molar-refractivity contribution in [3.63, 3.8) is 0 Å². The second-order valence-electron chi connectivity index (χ2n) is 5.15. The summed E-state index contributed by atoms with van der Waals surface area (Å²) in [4.78, 5) is 2.28. The van der Waals surface area contributed by atoms with E-state index in [1.54, 1.807) is 6.07 Å². The minimum absolute atomic E-state index is 0.0400. The highest BCUT2D eigenvalue weighted by Gasteiger charge is 2.30. The second kappa shape index (κ2) is 6.96. The Labute approximate surface area is 114 Å². The molecule has 2 rings (SSSR count). The van der Waals surface area contributed by atoms with Crippen LogP contribution >= 0.6 is 0 Å². The summed E-state index contributed by atoms with van der Waals surface area (Å²) in [5.74, 6) is 0.241. The van der Waals surface area contributed by atoms with Gasteiger partial charge in [-0.05, 0) is 20.2 Å². The Morgan fingerprint density at radius 2 is 2.21 bits per heavy atom. The first-order chi connectivity index (χ1) is 9.22. The molecule has 0 saturated carbocycles. The van der Waals surface area contributed by atoms with Crippen LogP contribution in [0.15, 0.2) is 24.3 Å².